The number of quaternary nitrogens is 1. The predicted molar refractivity (Wildman–Crippen MR) is 193 cm³/mol. The Morgan fingerprint density at radius 2 is 0.958 bits per heavy atom. The Morgan fingerprint density at radius 1 is 0.583 bits per heavy atom. The molecule has 1 unspecified atom stereocenters. The van der Waals surface area contributed by atoms with Crippen LogP contribution in [0.1, 0.15) is 168 Å². The van der Waals surface area contributed by atoms with E-state index >= 15 is 0 Å². The van der Waals surface area contributed by atoms with Crippen molar-refractivity contribution in [3.05, 3.63) is 0 Å². The first kappa shape index (κ1) is 51.3. The maximum Gasteiger partial charge on any atom is 0.306 e. The number of hydrogen-bond acceptors (Lipinski definition) is 8. The molecule has 0 aliphatic heterocycles. The lowest BCUT2D eigenvalue weighted by Crippen LogP contribution is -2.37. The molecule has 0 saturated heterocycles. The summed E-state index contributed by atoms with van der Waals surface area (Å²) in [6.45, 7) is 4.21. The van der Waals surface area contributed by atoms with Crippen molar-refractivity contribution in [2.45, 2.75) is 174 Å². The Kier molecular flexibility index (Phi) is 36.7. The van der Waals surface area contributed by atoms with Gasteiger partial charge in [0.15, 0.2) is 6.10 Å². The minimum atomic E-state index is -4.60. The standard InChI is InChI=1S/C36H72NO8P.2H2O/c1-6-8-10-12-14-16-18-20-22-24-26-28-35(38)42-32-34(33-44-46(40,41)43-31-30-37(3,4)5)45-36(39)29-27-25-23-21-19-17-15-13-11-9-7-2;;/h34H,6-33H2,1-5H3;2*1H2/t34-;;/m1../s1. The minimum Gasteiger partial charge on any atom is -0.756 e. The smallest absolute Gasteiger partial charge is 0.306 e. The van der Waals surface area contributed by atoms with E-state index < -0.39 is 26.5 Å². The molecule has 48 heavy (non-hydrogen) atoms. The molecule has 0 radical (unpaired) electrons. The van der Waals surface area contributed by atoms with E-state index in [1.165, 1.54) is 103 Å². The van der Waals surface area contributed by atoms with Crippen LogP contribution in [0.5, 0.6) is 0 Å². The molecule has 0 aromatic heterocycles. The lowest BCUT2D eigenvalue weighted by atomic mass is 10.1. The first-order chi connectivity index (χ1) is 22.0. The van der Waals surface area contributed by atoms with E-state index in [-0.39, 0.29) is 43.0 Å². The summed E-state index contributed by atoms with van der Waals surface area (Å²) in [5.74, 6) is -0.829. The van der Waals surface area contributed by atoms with Crippen molar-refractivity contribution in [1.29, 1.82) is 0 Å². The largest absolute Gasteiger partial charge is 0.756 e. The third kappa shape index (κ3) is 37.7. The van der Waals surface area contributed by atoms with Gasteiger partial charge in [0.25, 0.3) is 7.82 Å². The van der Waals surface area contributed by atoms with Gasteiger partial charge in [-0.3, -0.25) is 14.2 Å². The summed E-state index contributed by atoms with van der Waals surface area (Å²) < 4.78 is 33.7. The zero-order valence-electron chi connectivity index (χ0n) is 31.5. The Hall–Kier alpha value is -1.07. The zero-order valence-corrected chi connectivity index (χ0v) is 32.4. The third-order valence-corrected chi connectivity index (χ3v) is 9.09. The van der Waals surface area contributed by atoms with Crippen LogP contribution in [0.15, 0.2) is 0 Å². The number of phosphoric ester groups is 1. The highest BCUT2D eigenvalue weighted by Crippen LogP contribution is 2.38. The van der Waals surface area contributed by atoms with Gasteiger partial charge in [-0.15, -0.1) is 0 Å². The number of likely N-dealkylation sites (N-methyl/N-ethyl adjacent to an activating group) is 1. The highest BCUT2D eigenvalue weighted by molar-refractivity contribution is 7.45. The molecule has 0 rings (SSSR count). The van der Waals surface area contributed by atoms with Crippen molar-refractivity contribution in [1.82, 2.24) is 0 Å². The highest BCUT2D eigenvalue weighted by atomic mass is 31.2. The maximum atomic E-state index is 12.6. The molecule has 12 heteroatoms. The number of nitrogens with zero attached hydrogens (tertiary/aromatic N) is 1. The molecular formula is C36H76NO10P. The van der Waals surface area contributed by atoms with Crippen LogP contribution in [-0.4, -0.2) is 81.0 Å². The van der Waals surface area contributed by atoms with E-state index in [2.05, 4.69) is 13.8 Å². The topological polar surface area (TPSA) is 174 Å². The molecule has 0 spiro atoms. The molecule has 0 heterocycles. The monoisotopic (exact) mass is 714 g/mol. The summed E-state index contributed by atoms with van der Waals surface area (Å²) in [4.78, 5) is 37.2. The van der Waals surface area contributed by atoms with Crippen molar-refractivity contribution in [3.8, 4) is 0 Å². The van der Waals surface area contributed by atoms with Crippen molar-refractivity contribution in [2.75, 3.05) is 47.5 Å². The van der Waals surface area contributed by atoms with E-state index in [9.17, 15) is 19.0 Å². The average Bonchev–Trinajstić information content (AvgIpc) is 2.99. The number of carbonyl (C=O) groups excluding carboxylic acids is 2. The number of hydrogen-bond donors (Lipinski definition) is 0. The van der Waals surface area contributed by atoms with Crippen LogP contribution in [-0.2, 0) is 32.7 Å². The van der Waals surface area contributed by atoms with Crippen LogP contribution in [0.25, 0.3) is 0 Å². The Balaban J connectivity index is -0.0000101. The zero-order chi connectivity index (χ0) is 34.4. The quantitative estimate of drug-likeness (QED) is 0.0287. The molecule has 0 saturated carbocycles. The SMILES string of the molecule is CCCCCCCCCCCCCC(=O)OC[C@H](COP(=O)([O-])OCC[N+](C)(C)C)OC(=O)CCCCCCCCCCCCC.O.O. The summed E-state index contributed by atoms with van der Waals surface area (Å²) in [5.41, 5.74) is 0. The molecule has 0 aliphatic rings. The van der Waals surface area contributed by atoms with Crippen LogP contribution in [0.3, 0.4) is 0 Å². The van der Waals surface area contributed by atoms with E-state index in [4.69, 9.17) is 18.5 Å². The van der Waals surface area contributed by atoms with Crippen LogP contribution in [0, 0.1) is 0 Å². The van der Waals surface area contributed by atoms with Crippen LogP contribution in [0.4, 0.5) is 0 Å². The fourth-order valence-corrected chi connectivity index (χ4v) is 5.85. The first-order valence-electron chi connectivity index (χ1n) is 18.7. The Bertz CT molecular complexity index is 778. The van der Waals surface area contributed by atoms with Crippen LogP contribution in [0.2, 0.25) is 0 Å². The molecule has 4 N–H and O–H groups in total. The number of esters is 2. The van der Waals surface area contributed by atoms with Crippen LogP contribution >= 0.6 is 7.82 Å². The second-order valence-electron chi connectivity index (χ2n) is 14.0. The second-order valence-corrected chi connectivity index (χ2v) is 15.4. The van der Waals surface area contributed by atoms with Gasteiger partial charge < -0.3 is 38.9 Å². The summed E-state index contributed by atoms with van der Waals surface area (Å²) >= 11 is 0. The first-order valence-corrected chi connectivity index (χ1v) is 20.2. The van der Waals surface area contributed by atoms with Gasteiger partial charge in [0.05, 0.1) is 27.7 Å². The third-order valence-electron chi connectivity index (χ3n) is 8.13. The van der Waals surface area contributed by atoms with Gasteiger partial charge >= 0.3 is 11.9 Å². The number of carbonyl (C=O) groups is 2. The van der Waals surface area contributed by atoms with Gasteiger partial charge in [-0.2, -0.15) is 0 Å². The Labute approximate surface area is 294 Å². The van der Waals surface area contributed by atoms with Crippen molar-refractivity contribution >= 4 is 19.8 Å². The molecule has 0 amide bonds. The van der Waals surface area contributed by atoms with Crippen LogP contribution < -0.4 is 4.89 Å². The van der Waals surface area contributed by atoms with Gasteiger partial charge in [-0.25, -0.2) is 0 Å². The molecule has 2 atom stereocenters. The summed E-state index contributed by atoms with van der Waals surface area (Å²) in [6.07, 6.45) is 25.5. The molecule has 290 valence electrons. The maximum absolute atomic E-state index is 12.6. The number of phosphoric acid groups is 1. The van der Waals surface area contributed by atoms with Gasteiger partial charge in [-0.05, 0) is 12.8 Å². The van der Waals surface area contributed by atoms with Gasteiger partial charge in [0.2, 0.25) is 0 Å². The molecule has 0 fully saturated rings. The second kappa shape index (κ2) is 34.4. The summed E-state index contributed by atoms with van der Waals surface area (Å²) in [7, 11) is 1.18. The summed E-state index contributed by atoms with van der Waals surface area (Å²) in [6, 6.07) is 0. The summed E-state index contributed by atoms with van der Waals surface area (Å²) in [5, 5.41) is 0. The fourth-order valence-electron chi connectivity index (χ4n) is 5.12. The molecule has 0 bridgehead atoms. The molecule has 0 aromatic carbocycles. The molecule has 0 aromatic rings. The molecule has 0 aliphatic carbocycles. The highest BCUT2D eigenvalue weighted by Gasteiger charge is 2.21. The predicted octanol–water partition coefficient (Wildman–Crippen LogP) is 7.40. The average molecular weight is 714 g/mol. The number of rotatable bonds is 34. The molecule has 11 nitrogen and oxygen atoms in total. The lowest BCUT2D eigenvalue weighted by molar-refractivity contribution is -0.870. The Morgan fingerprint density at radius 3 is 1.35 bits per heavy atom. The number of ether oxygens (including phenoxy) is 2. The fraction of sp³-hybridized carbons (Fsp3) is 0.944. The number of unbranched alkanes of at least 4 members (excludes halogenated alkanes) is 20. The minimum absolute atomic E-state index is 0. The molecular weight excluding hydrogens is 637 g/mol. The van der Waals surface area contributed by atoms with E-state index in [0.29, 0.717) is 17.4 Å². The van der Waals surface area contributed by atoms with E-state index in [0.717, 1.165) is 32.1 Å². The van der Waals surface area contributed by atoms with Crippen molar-refractivity contribution < 1.29 is 53.0 Å². The van der Waals surface area contributed by atoms with Crippen molar-refractivity contribution in [2.24, 2.45) is 0 Å². The lowest BCUT2D eigenvalue weighted by Gasteiger charge is -2.28. The van der Waals surface area contributed by atoms with Crippen molar-refractivity contribution in [3.63, 3.8) is 0 Å². The van der Waals surface area contributed by atoms with E-state index in [1.807, 2.05) is 21.1 Å². The van der Waals surface area contributed by atoms with Gasteiger partial charge in [0.1, 0.15) is 19.8 Å². The van der Waals surface area contributed by atoms with Gasteiger partial charge in [0, 0.05) is 12.8 Å². The normalized spacial score (nSPS) is 13.2. The van der Waals surface area contributed by atoms with E-state index in [1.54, 1.807) is 0 Å². The van der Waals surface area contributed by atoms with Gasteiger partial charge in [-0.1, -0.05) is 142 Å².